The predicted octanol–water partition coefficient (Wildman–Crippen LogP) is 2.27. The number of nitrogens with two attached hydrogens (primary N) is 1. The molecule has 0 aliphatic carbocycles. The van der Waals surface area contributed by atoms with Crippen LogP contribution in [0.15, 0.2) is 24.3 Å². The lowest BCUT2D eigenvalue weighted by atomic mass is 9.98. The Morgan fingerprint density at radius 2 is 1.80 bits per heavy atom. The number of terminal acetylenes is 1. The third-order valence-corrected chi connectivity index (χ3v) is 2.11. The number of halogens is 3. The maximum atomic E-state index is 12.5. The molecule has 4 heteroatoms. The Morgan fingerprint density at radius 3 is 2.13 bits per heavy atom. The molecular weight excluding hydrogens is 203 g/mol. The fourth-order valence-corrected chi connectivity index (χ4v) is 1.27. The summed E-state index contributed by atoms with van der Waals surface area (Å²) in [5, 5.41) is 0. The predicted molar refractivity (Wildman–Crippen MR) is 52.2 cm³/mol. The van der Waals surface area contributed by atoms with E-state index < -0.39 is 18.6 Å². The minimum Gasteiger partial charge on any atom is -0.330 e. The molecule has 0 spiro atoms. The summed E-state index contributed by atoms with van der Waals surface area (Å²) in [6, 6.07) is 5.67. The van der Waals surface area contributed by atoms with Gasteiger partial charge >= 0.3 is 6.18 Å². The Balaban J connectivity index is 3.00. The summed E-state index contributed by atoms with van der Waals surface area (Å²) >= 11 is 0. The van der Waals surface area contributed by atoms with Crippen molar-refractivity contribution in [2.24, 2.45) is 5.73 Å². The van der Waals surface area contributed by atoms with Crippen molar-refractivity contribution in [3.05, 3.63) is 35.4 Å². The smallest absolute Gasteiger partial charge is 0.330 e. The summed E-state index contributed by atoms with van der Waals surface area (Å²) < 4.78 is 37.4. The van der Waals surface area contributed by atoms with Gasteiger partial charge in [-0.3, -0.25) is 0 Å². The molecule has 0 radical (unpaired) electrons. The molecule has 2 N–H and O–H groups in total. The molecular formula is C11H10F3N. The molecule has 0 heterocycles. The van der Waals surface area contributed by atoms with Crippen LogP contribution in [0.3, 0.4) is 0 Å². The first-order valence-electron chi connectivity index (χ1n) is 4.32. The monoisotopic (exact) mass is 213 g/mol. The quantitative estimate of drug-likeness (QED) is 0.749. The standard InChI is InChI=1S/C11H10F3N/c1-2-8-3-5-9(6-4-8)10(7-15)11(12,13)14/h1,3-6,10H,7,15H2. The van der Waals surface area contributed by atoms with Crippen molar-refractivity contribution in [1.29, 1.82) is 0 Å². The molecule has 1 nitrogen and oxygen atoms in total. The molecule has 0 bridgehead atoms. The fraction of sp³-hybridized carbons (Fsp3) is 0.273. The van der Waals surface area contributed by atoms with Gasteiger partial charge in [0, 0.05) is 12.1 Å². The van der Waals surface area contributed by atoms with Gasteiger partial charge in [-0.05, 0) is 17.7 Å². The van der Waals surface area contributed by atoms with Crippen LogP contribution in [-0.4, -0.2) is 12.7 Å². The van der Waals surface area contributed by atoms with Crippen LogP contribution in [0.5, 0.6) is 0 Å². The lowest BCUT2D eigenvalue weighted by molar-refractivity contribution is -0.148. The van der Waals surface area contributed by atoms with Crippen molar-refractivity contribution in [3.63, 3.8) is 0 Å². The van der Waals surface area contributed by atoms with Crippen molar-refractivity contribution in [3.8, 4) is 12.3 Å². The van der Waals surface area contributed by atoms with E-state index in [1.54, 1.807) is 0 Å². The SMILES string of the molecule is C#Cc1ccc(C(CN)C(F)(F)F)cc1. The van der Waals surface area contributed by atoms with Crippen LogP contribution in [-0.2, 0) is 0 Å². The van der Waals surface area contributed by atoms with Crippen molar-refractivity contribution in [2.75, 3.05) is 6.54 Å². The number of benzene rings is 1. The van der Waals surface area contributed by atoms with Crippen LogP contribution in [0.2, 0.25) is 0 Å². The zero-order valence-corrected chi connectivity index (χ0v) is 7.88. The van der Waals surface area contributed by atoms with Crippen LogP contribution in [0.4, 0.5) is 13.2 Å². The number of rotatable bonds is 2. The molecule has 0 aliphatic rings. The molecule has 0 fully saturated rings. The van der Waals surface area contributed by atoms with Crippen molar-refractivity contribution in [1.82, 2.24) is 0 Å². The van der Waals surface area contributed by atoms with E-state index in [1.165, 1.54) is 24.3 Å². The molecule has 1 atom stereocenters. The second kappa shape index (κ2) is 4.37. The van der Waals surface area contributed by atoms with E-state index in [0.29, 0.717) is 5.56 Å². The molecule has 0 aliphatic heterocycles. The van der Waals surface area contributed by atoms with Gasteiger partial charge in [0.1, 0.15) is 0 Å². The molecule has 1 aromatic rings. The second-order valence-electron chi connectivity index (χ2n) is 3.10. The van der Waals surface area contributed by atoms with Gasteiger partial charge in [0.25, 0.3) is 0 Å². The van der Waals surface area contributed by atoms with Crippen molar-refractivity contribution >= 4 is 0 Å². The highest BCUT2D eigenvalue weighted by atomic mass is 19.4. The highest BCUT2D eigenvalue weighted by Gasteiger charge is 2.39. The highest BCUT2D eigenvalue weighted by molar-refractivity contribution is 5.35. The number of hydrogen-bond donors (Lipinski definition) is 1. The minimum absolute atomic E-state index is 0.143. The first kappa shape index (κ1) is 11.6. The third-order valence-electron chi connectivity index (χ3n) is 2.11. The topological polar surface area (TPSA) is 26.0 Å². The Bertz CT molecular complexity index is 359. The van der Waals surface area contributed by atoms with Crippen LogP contribution in [0.25, 0.3) is 0 Å². The molecule has 1 unspecified atom stereocenters. The second-order valence-corrected chi connectivity index (χ2v) is 3.10. The summed E-state index contributed by atoms with van der Waals surface area (Å²) in [7, 11) is 0. The zero-order valence-electron chi connectivity index (χ0n) is 7.88. The van der Waals surface area contributed by atoms with Gasteiger partial charge < -0.3 is 5.73 Å². The summed E-state index contributed by atoms with van der Waals surface area (Å²) in [6.07, 6.45) is 0.784. The maximum absolute atomic E-state index is 12.5. The third kappa shape index (κ3) is 2.74. The number of hydrogen-bond acceptors (Lipinski definition) is 1. The van der Waals surface area contributed by atoms with E-state index in [2.05, 4.69) is 5.92 Å². The molecule has 80 valence electrons. The molecule has 0 aromatic heterocycles. The lowest BCUT2D eigenvalue weighted by Gasteiger charge is -2.18. The Hall–Kier alpha value is -1.47. The van der Waals surface area contributed by atoms with Crippen molar-refractivity contribution in [2.45, 2.75) is 12.1 Å². The molecule has 0 saturated heterocycles. The Labute approximate surface area is 86.1 Å². The van der Waals surface area contributed by atoms with E-state index in [-0.39, 0.29) is 5.56 Å². The normalized spacial score (nSPS) is 13.3. The van der Waals surface area contributed by atoms with Crippen molar-refractivity contribution < 1.29 is 13.2 Å². The van der Waals surface area contributed by atoms with Gasteiger partial charge in [-0.2, -0.15) is 13.2 Å². The van der Waals surface area contributed by atoms with Gasteiger partial charge in [0.15, 0.2) is 0 Å². The van der Waals surface area contributed by atoms with E-state index in [4.69, 9.17) is 12.2 Å². The van der Waals surface area contributed by atoms with Gasteiger partial charge in [-0.1, -0.05) is 18.1 Å². The molecule has 1 rings (SSSR count). The maximum Gasteiger partial charge on any atom is 0.396 e. The first-order valence-corrected chi connectivity index (χ1v) is 4.32. The molecule has 1 aromatic carbocycles. The average molecular weight is 213 g/mol. The van der Waals surface area contributed by atoms with Crippen LogP contribution in [0, 0.1) is 12.3 Å². The largest absolute Gasteiger partial charge is 0.396 e. The summed E-state index contributed by atoms with van der Waals surface area (Å²) in [5.41, 5.74) is 5.80. The number of alkyl halides is 3. The van der Waals surface area contributed by atoms with Gasteiger partial charge in [0.05, 0.1) is 5.92 Å². The Kier molecular flexibility index (Phi) is 3.38. The average Bonchev–Trinajstić information content (AvgIpc) is 2.18. The van der Waals surface area contributed by atoms with Crippen LogP contribution < -0.4 is 5.73 Å². The zero-order chi connectivity index (χ0) is 11.5. The van der Waals surface area contributed by atoms with Gasteiger partial charge in [0.2, 0.25) is 0 Å². The van der Waals surface area contributed by atoms with Gasteiger partial charge in [-0.25, -0.2) is 0 Å². The van der Waals surface area contributed by atoms with Crippen LogP contribution >= 0.6 is 0 Å². The van der Waals surface area contributed by atoms with Crippen LogP contribution in [0.1, 0.15) is 17.0 Å². The molecule has 0 amide bonds. The molecule has 0 saturated carbocycles. The Morgan fingerprint density at radius 1 is 1.27 bits per heavy atom. The molecule has 15 heavy (non-hydrogen) atoms. The fourth-order valence-electron chi connectivity index (χ4n) is 1.27. The summed E-state index contributed by atoms with van der Waals surface area (Å²) in [4.78, 5) is 0. The first-order chi connectivity index (χ1) is 6.99. The van der Waals surface area contributed by atoms with E-state index in [9.17, 15) is 13.2 Å². The summed E-state index contributed by atoms with van der Waals surface area (Å²) in [6.45, 7) is -0.459. The minimum atomic E-state index is -4.31. The van der Waals surface area contributed by atoms with E-state index >= 15 is 0 Å². The van der Waals surface area contributed by atoms with E-state index in [0.717, 1.165) is 0 Å². The van der Waals surface area contributed by atoms with E-state index in [1.807, 2.05) is 0 Å². The highest BCUT2D eigenvalue weighted by Crippen LogP contribution is 2.33. The van der Waals surface area contributed by atoms with Gasteiger partial charge in [-0.15, -0.1) is 6.42 Å². The lowest BCUT2D eigenvalue weighted by Crippen LogP contribution is -2.27. The summed E-state index contributed by atoms with van der Waals surface area (Å²) in [5.74, 6) is 0.716.